The zero-order valence-electron chi connectivity index (χ0n) is 14.4. The summed E-state index contributed by atoms with van der Waals surface area (Å²) in [6.45, 7) is 0. The average molecular weight is 354 g/mol. The smallest absolute Gasteiger partial charge is 0.338 e. The Hall–Kier alpha value is -3.32. The molecule has 2 N–H and O–H groups in total. The van der Waals surface area contributed by atoms with Crippen LogP contribution in [-0.4, -0.2) is 25.3 Å². The molecule has 0 aliphatic rings. The van der Waals surface area contributed by atoms with E-state index in [9.17, 15) is 9.59 Å². The monoisotopic (exact) mass is 354 g/mol. The number of nitrogens with one attached hydrogen (secondary N) is 1. The van der Waals surface area contributed by atoms with E-state index in [4.69, 9.17) is 14.4 Å². The number of amides is 1. The first-order valence-electron chi connectivity index (χ1n) is 7.90. The molecule has 0 radical (unpaired) electrons. The van der Waals surface area contributed by atoms with E-state index in [0.717, 1.165) is 11.1 Å². The van der Waals surface area contributed by atoms with Gasteiger partial charge in [-0.05, 0) is 30.3 Å². The Labute approximate surface area is 149 Å². The normalized spacial score (nSPS) is 10.6. The van der Waals surface area contributed by atoms with E-state index in [-0.39, 0.29) is 6.42 Å². The van der Waals surface area contributed by atoms with Gasteiger partial charge in [0.25, 0.3) is 0 Å². The number of para-hydroxylation sites is 1. The first-order valence-corrected chi connectivity index (χ1v) is 7.90. The van der Waals surface area contributed by atoms with Gasteiger partial charge in [-0.1, -0.05) is 12.1 Å². The molecule has 26 heavy (non-hydrogen) atoms. The van der Waals surface area contributed by atoms with Crippen LogP contribution in [0.4, 0.5) is 11.4 Å². The molecule has 0 bridgehead atoms. The van der Waals surface area contributed by atoms with E-state index in [2.05, 4.69) is 0 Å². The van der Waals surface area contributed by atoms with Crippen molar-refractivity contribution in [2.24, 2.45) is 0 Å². The minimum Gasteiger partial charge on any atom is -0.496 e. The van der Waals surface area contributed by atoms with Crippen molar-refractivity contribution in [2.75, 3.05) is 19.1 Å². The summed E-state index contributed by atoms with van der Waals surface area (Å²) in [5, 5.41) is 9.56. The number of benzene rings is 2. The van der Waals surface area contributed by atoms with E-state index < -0.39 is 11.5 Å². The standard InChI is InChI=1S/C19H18N2O5/c1-21(15-11-19(23)26-17-6-4-3-5-14(15)17)13-7-8-16(25-2)12(9-13)10-18(22)20-24/h3-9,11,24H,10H2,1-2H3,(H,20,22). The van der Waals surface area contributed by atoms with Crippen molar-refractivity contribution >= 4 is 28.3 Å². The van der Waals surface area contributed by atoms with E-state index in [0.29, 0.717) is 22.6 Å². The summed E-state index contributed by atoms with van der Waals surface area (Å²) in [7, 11) is 3.33. The highest BCUT2D eigenvalue weighted by Gasteiger charge is 2.15. The number of carbonyl (C=O) groups is 1. The zero-order chi connectivity index (χ0) is 18.7. The predicted octanol–water partition coefficient (Wildman–Crippen LogP) is 2.62. The summed E-state index contributed by atoms with van der Waals surface area (Å²) >= 11 is 0. The fourth-order valence-electron chi connectivity index (χ4n) is 2.84. The number of methoxy groups -OCH3 is 1. The number of carbonyl (C=O) groups excluding carboxylic acids is 1. The highest BCUT2D eigenvalue weighted by atomic mass is 16.5. The number of fused-ring (bicyclic) bond motifs is 1. The van der Waals surface area contributed by atoms with Gasteiger partial charge in [0.2, 0.25) is 5.91 Å². The van der Waals surface area contributed by atoms with Gasteiger partial charge in [0.15, 0.2) is 0 Å². The number of hydrogen-bond acceptors (Lipinski definition) is 6. The van der Waals surface area contributed by atoms with Gasteiger partial charge in [-0.25, -0.2) is 10.3 Å². The molecule has 134 valence electrons. The summed E-state index contributed by atoms with van der Waals surface area (Å²) in [6, 6.07) is 14.0. The maximum Gasteiger partial charge on any atom is 0.338 e. The summed E-state index contributed by atoms with van der Waals surface area (Å²) in [5.74, 6) is -0.0166. The molecule has 0 spiro atoms. The van der Waals surface area contributed by atoms with Gasteiger partial charge in [0, 0.05) is 29.8 Å². The number of hydroxylamine groups is 1. The Balaban J connectivity index is 2.08. The lowest BCUT2D eigenvalue weighted by molar-refractivity contribution is -0.128. The Morgan fingerprint density at radius 3 is 2.73 bits per heavy atom. The lowest BCUT2D eigenvalue weighted by Gasteiger charge is -2.22. The van der Waals surface area contributed by atoms with E-state index in [1.807, 2.05) is 30.1 Å². The predicted molar refractivity (Wildman–Crippen MR) is 97.2 cm³/mol. The molecule has 0 fully saturated rings. The van der Waals surface area contributed by atoms with E-state index >= 15 is 0 Å². The van der Waals surface area contributed by atoms with Crippen LogP contribution in [0, 0.1) is 0 Å². The minimum atomic E-state index is -0.547. The van der Waals surface area contributed by atoms with Crippen LogP contribution in [0.3, 0.4) is 0 Å². The molecule has 0 unspecified atom stereocenters. The van der Waals surface area contributed by atoms with E-state index in [1.54, 1.807) is 29.7 Å². The van der Waals surface area contributed by atoms with Crippen LogP contribution in [0.2, 0.25) is 0 Å². The van der Waals surface area contributed by atoms with Crippen molar-refractivity contribution in [2.45, 2.75) is 6.42 Å². The van der Waals surface area contributed by atoms with Gasteiger partial charge in [0.1, 0.15) is 11.3 Å². The van der Waals surface area contributed by atoms with Crippen molar-refractivity contribution in [3.8, 4) is 5.75 Å². The molecule has 1 heterocycles. The number of nitrogens with zero attached hydrogens (tertiary/aromatic N) is 1. The molecule has 0 aliphatic heterocycles. The Bertz CT molecular complexity index is 1010. The first kappa shape index (κ1) is 17.5. The van der Waals surface area contributed by atoms with Gasteiger partial charge in [0.05, 0.1) is 19.2 Å². The highest BCUT2D eigenvalue weighted by Crippen LogP contribution is 2.32. The fourth-order valence-corrected chi connectivity index (χ4v) is 2.84. The van der Waals surface area contributed by atoms with Crippen LogP contribution < -0.4 is 20.7 Å². The molecule has 3 rings (SSSR count). The first-order chi connectivity index (χ1) is 12.5. The largest absolute Gasteiger partial charge is 0.496 e. The molecular weight excluding hydrogens is 336 g/mol. The molecule has 7 heteroatoms. The average Bonchev–Trinajstić information content (AvgIpc) is 2.66. The van der Waals surface area contributed by atoms with Crippen molar-refractivity contribution < 1.29 is 19.2 Å². The summed E-state index contributed by atoms with van der Waals surface area (Å²) in [4.78, 5) is 25.3. The molecule has 0 atom stereocenters. The fraction of sp³-hybridized carbons (Fsp3) is 0.158. The van der Waals surface area contributed by atoms with Crippen molar-refractivity contribution in [3.63, 3.8) is 0 Å². The second-order valence-corrected chi connectivity index (χ2v) is 5.71. The van der Waals surface area contributed by atoms with E-state index in [1.165, 1.54) is 13.2 Å². The van der Waals surface area contributed by atoms with Crippen LogP contribution in [0.15, 0.2) is 57.7 Å². The molecule has 1 amide bonds. The molecule has 1 aromatic heterocycles. The molecular formula is C19H18N2O5. The number of anilines is 2. The van der Waals surface area contributed by atoms with Gasteiger partial charge in [-0.15, -0.1) is 0 Å². The minimum absolute atomic E-state index is 0.0426. The number of rotatable bonds is 5. The lowest BCUT2D eigenvalue weighted by Crippen LogP contribution is -2.21. The topological polar surface area (TPSA) is 92.0 Å². The van der Waals surface area contributed by atoms with Crippen molar-refractivity contribution in [3.05, 3.63) is 64.5 Å². The van der Waals surface area contributed by atoms with Gasteiger partial charge < -0.3 is 14.1 Å². The molecule has 7 nitrogen and oxygen atoms in total. The SMILES string of the molecule is COc1ccc(N(C)c2cc(=O)oc3ccccc23)cc1CC(=O)NO. The van der Waals surface area contributed by atoms with Gasteiger partial charge >= 0.3 is 5.63 Å². The molecule has 0 aliphatic carbocycles. The van der Waals surface area contributed by atoms with Gasteiger partial charge in [-0.2, -0.15) is 0 Å². The quantitative estimate of drug-likeness (QED) is 0.416. The Morgan fingerprint density at radius 2 is 2.00 bits per heavy atom. The molecule has 0 saturated carbocycles. The summed E-state index contributed by atoms with van der Waals surface area (Å²) in [6.07, 6.45) is -0.0426. The van der Waals surface area contributed by atoms with Crippen LogP contribution in [-0.2, 0) is 11.2 Å². The third-order valence-electron chi connectivity index (χ3n) is 4.12. The second-order valence-electron chi connectivity index (χ2n) is 5.71. The number of ether oxygens (including phenoxy) is 1. The van der Waals surface area contributed by atoms with Crippen molar-refractivity contribution in [1.29, 1.82) is 0 Å². The van der Waals surface area contributed by atoms with Crippen molar-refractivity contribution in [1.82, 2.24) is 5.48 Å². The highest BCUT2D eigenvalue weighted by molar-refractivity contribution is 5.92. The van der Waals surface area contributed by atoms with Crippen LogP contribution in [0.1, 0.15) is 5.56 Å². The van der Waals surface area contributed by atoms with Crippen LogP contribution in [0.25, 0.3) is 11.0 Å². The number of hydrogen-bond donors (Lipinski definition) is 2. The van der Waals surface area contributed by atoms with Gasteiger partial charge in [-0.3, -0.25) is 10.0 Å². The Kier molecular flexibility index (Phi) is 4.90. The lowest BCUT2D eigenvalue weighted by atomic mass is 10.1. The maximum absolute atomic E-state index is 11.9. The van der Waals surface area contributed by atoms with Crippen LogP contribution >= 0.6 is 0 Å². The second kappa shape index (κ2) is 7.28. The molecule has 0 saturated heterocycles. The summed E-state index contributed by atoms with van der Waals surface area (Å²) in [5.41, 5.74) is 3.70. The maximum atomic E-state index is 11.9. The third-order valence-corrected chi connectivity index (χ3v) is 4.12. The zero-order valence-corrected chi connectivity index (χ0v) is 14.4. The Morgan fingerprint density at radius 1 is 1.23 bits per heavy atom. The molecule has 2 aromatic carbocycles. The third kappa shape index (κ3) is 3.38. The summed E-state index contributed by atoms with van der Waals surface area (Å²) < 4.78 is 10.5. The van der Waals surface area contributed by atoms with Crippen LogP contribution in [0.5, 0.6) is 5.75 Å². The molecule has 3 aromatic rings.